The first-order valence-corrected chi connectivity index (χ1v) is 14.3. The number of sulfonamides is 1. The van der Waals surface area contributed by atoms with E-state index in [1.165, 1.54) is 27.8 Å². The summed E-state index contributed by atoms with van der Waals surface area (Å²) in [6, 6.07) is 10.4. The Balaban J connectivity index is 1.63. The van der Waals surface area contributed by atoms with Gasteiger partial charge in [0, 0.05) is 31.7 Å². The molecule has 1 aliphatic rings. The second-order valence-corrected chi connectivity index (χ2v) is 12.7. The molecular weight excluding hydrogens is 496 g/mol. The molecule has 1 aromatic heterocycles. The van der Waals surface area contributed by atoms with Gasteiger partial charge in [-0.25, -0.2) is 13.4 Å². The van der Waals surface area contributed by atoms with Crippen LogP contribution in [0.1, 0.15) is 35.3 Å². The van der Waals surface area contributed by atoms with Gasteiger partial charge in [0.25, 0.3) is 5.91 Å². The van der Waals surface area contributed by atoms with Crippen LogP contribution < -0.4 is 4.90 Å². The predicted octanol–water partition coefficient (Wildman–Crippen LogP) is 3.92. The van der Waals surface area contributed by atoms with Gasteiger partial charge in [-0.3, -0.25) is 9.69 Å². The molecule has 1 amide bonds. The summed E-state index contributed by atoms with van der Waals surface area (Å²) in [7, 11) is 0.241. The number of likely N-dealkylation sites (N-methyl/N-ethyl adjacent to an activating group) is 1. The smallest absolute Gasteiger partial charge is 0.260 e. The molecule has 194 valence electrons. The lowest BCUT2D eigenvalue weighted by atomic mass is 10.1. The molecular formula is C26H34N4O4S2. The topological polar surface area (TPSA) is 83.1 Å². The van der Waals surface area contributed by atoms with Gasteiger partial charge in [-0.05, 0) is 83.2 Å². The first kappa shape index (κ1) is 26.7. The minimum Gasteiger partial charge on any atom is -0.373 e. The van der Waals surface area contributed by atoms with Crippen molar-refractivity contribution < 1.29 is 17.9 Å². The molecule has 2 unspecified atom stereocenters. The standard InChI is InChI=1S/C26H34N4O4S2/c1-17-13-18(2)24-23(14-17)35-26(27-24)30(12-11-28(5)6)25(31)21-7-9-22(10-8-21)36(32,33)29-15-19(3)34-20(4)16-29/h7-10,13-14,19-20H,11-12,15-16H2,1-6H3. The van der Waals surface area contributed by atoms with Gasteiger partial charge >= 0.3 is 0 Å². The number of aryl methyl sites for hydroxylation is 2. The third-order valence-electron chi connectivity index (χ3n) is 6.19. The number of aromatic nitrogens is 1. The lowest BCUT2D eigenvalue weighted by Crippen LogP contribution is -2.48. The van der Waals surface area contributed by atoms with Crippen LogP contribution >= 0.6 is 11.3 Å². The third kappa shape index (κ3) is 5.63. The number of rotatable bonds is 7. The number of amides is 1. The normalized spacial score (nSPS) is 19.2. The fourth-order valence-corrected chi connectivity index (χ4v) is 7.22. The van der Waals surface area contributed by atoms with Gasteiger partial charge in [0.15, 0.2) is 5.13 Å². The lowest BCUT2D eigenvalue weighted by Gasteiger charge is -2.34. The monoisotopic (exact) mass is 530 g/mol. The summed E-state index contributed by atoms with van der Waals surface area (Å²) in [6.07, 6.45) is -0.341. The van der Waals surface area contributed by atoms with E-state index in [2.05, 4.69) is 19.1 Å². The molecule has 2 aromatic carbocycles. The number of benzene rings is 2. The zero-order valence-corrected chi connectivity index (χ0v) is 23.3. The number of thiazole rings is 1. The van der Waals surface area contributed by atoms with Crippen LogP contribution in [-0.4, -0.2) is 81.0 Å². The van der Waals surface area contributed by atoms with Crippen molar-refractivity contribution in [3.05, 3.63) is 53.1 Å². The summed E-state index contributed by atoms with van der Waals surface area (Å²) in [5.41, 5.74) is 3.55. The van der Waals surface area contributed by atoms with Gasteiger partial charge in [0.05, 0.1) is 27.3 Å². The van der Waals surface area contributed by atoms with Crippen LogP contribution in [0.3, 0.4) is 0 Å². The minimum atomic E-state index is -3.68. The average molecular weight is 531 g/mol. The number of ether oxygens (including phenoxy) is 1. The van der Waals surface area contributed by atoms with Crippen LogP contribution in [0.4, 0.5) is 5.13 Å². The number of anilines is 1. The van der Waals surface area contributed by atoms with Crippen molar-refractivity contribution in [3.8, 4) is 0 Å². The Bertz CT molecular complexity index is 1340. The number of hydrogen-bond donors (Lipinski definition) is 0. The van der Waals surface area contributed by atoms with Gasteiger partial charge in [0.2, 0.25) is 10.0 Å². The van der Waals surface area contributed by atoms with Crippen LogP contribution in [0.5, 0.6) is 0 Å². The van der Waals surface area contributed by atoms with Crippen molar-refractivity contribution in [2.75, 3.05) is 45.2 Å². The molecule has 1 saturated heterocycles. The van der Waals surface area contributed by atoms with E-state index in [1.54, 1.807) is 17.0 Å². The van der Waals surface area contributed by atoms with Gasteiger partial charge in [0.1, 0.15) is 0 Å². The van der Waals surface area contributed by atoms with Gasteiger partial charge in [-0.2, -0.15) is 4.31 Å². The van der Waals surface area contributed by atoms with Crippen LogP contribution in [0.15, 0.2) is 41.3 Å². The summed E-state index contributed by atoms with van der Waals surface area (Å²) < 4.78 is 34.6. The molecule has 36 heavy (non-hydrogen) atoms. The van der Waals surface area contributed by atoms with Crippen molar-refractivity contribution in [2.45, 2.75) is 44.8 Å². The predicted molar refractivity (Wildman–Crippen MR) is 145 cm³/mol. The first-order chi connectivity index (χ1) is 17.0. The van der Waals surface area contributed by atoms with Gasteiger partial charge in [-0.15, -0.1) is 0 Å². The van der Waals surface area contributed by atoms with Crippen molar-refractivity contribution in [1.82, 2.24) is 14.2 Å². The zero-order chi connectivity index (χ0) is 26.2. The Kier molecular flexibility index (Phi) is 7.82. The van der Waals surface area contributed by atoms with Crippen molar-refractivity contribution in [2.24, 2.45) is 0 Å². The molecule has 4 rings (SSSR count). The van der Waals surface area contributed by atoms with Crippen molar-refractivity contribution in [3.63, 3.8) is 0 Å². The summed E-state index contributed by atoms with van der Waals surface area (Å²) in [5.74, 6) is -0.206. The number of carbonyl (C=O) groups is 1. The Morgan fingerprint density at radius 1 is 1.08 bits per heavy atom. The maximum Gasteiger partial charge on any atom is 0.260 e. The molecule has 0 saturated carbocycles. The Morgan fingerprint density at radius 3 is 2.33 bits per heavy atom. The van der Waals surface area contributed by atoms with E-state index >= 15 is 0 Å². The third-order valence-corrected chi connectivity index (χ3v) is 9.06. The molecule has 1 fully saturated rings. The Hall–Kier alpha value is -2.37. The summed E-state index contributed by atoms with van der Waals surface area (Å²) in [4.78, 5) is 22.3. The van der Waals surface area contributed by atoms with Gasteiger partial charge < -0.3 is 9.64 Å². The molecule has 0 radical (unpaired) electrons. The molecule has 0 N–H and O–H groups in total. The van der Waals surface area contributed by atoms with E-state index in [0.29, 0.717) is 36.9 Å². The Morgan fingerprint density at radius 2 is 1.72 bits per heavy atom. The quantitative estimate of drug-likeness (QED) is 0.461. The van der Waals surface area contributed by atoms with Crippen LogP contribution in [0.25, 0.3) is 10.2 Å². The molecule has 2 atom stereocenters. The number of nitrogens with zero attached hydrogens (tertiary/aromatic N) is 4. The minimum absolute atomic E-state index is 0.170. The number of hydrogen-bond acceptors (Lipinski definition) is 7. The highest BCUT2D eigenvalue weighted by Gasteiger charge is 2.32. The van der Waals surface area contributed by atoms with Crippen molar-refractivity contribution in [1.29, 1.82) is 0 Å². The van der Waals surface area contributed by atoms with Gasteiger partial charge in [-0.1, -0.05) is 17.4 Å². The maximum atomic E-state index is 13.6. The fraction of sp³-hybridized carbons (Fsp3) is 0.462. The van der Waals surface area contributed by atoms with Crippen LogP contribution in [0, 0.1) is 13.8 Å². The number of carbonyl (C=O) groups excluding carboxylic acids is 1. The second-order valence-electron chi connectivity index (χ2n) is 9.79. The molecule has 2 heterocycles. The molecule has 0 aliphatic carbocycles. The molecule has 10 heteroatoms. The van der Waals surface area contributed by atoms with E-state index in [-0.39, 0.29) is 23.0 Å². The average Bonchev–Trinajstić information content (AvgIpc) is 3.22. The fourth-order valence-electron chi connectivity index (χ4n) is 4.46. The SMILES string of the molecule is Cc1cc(C)c2nc(N(CCN(C)C)C(=O)c3ccc(S(=O)(=O)N4CC(C)OC(C)C4)cc3)sc2c1. The maximum absolute atomic E-state index is 13.6. The highest BCUT2D eigenvalue weighted by Crippen LogP contribution is 2.32. The molecule has 0 bridgehead atoms. The summed E-state index contributed by atoms with van der Waals surface area (Å²) in [5, 5.41) is 0.638. The van der Waals surface area contributed by atoms with Crippen LogP contribution in [0.2, 0.25) is 0 Å². The highest BCUT2D eigenvalue weighted by atomic mass is 32.2. The lowest BCUT2D eigenvalue weighted by molar-refractivity contribution is -0.0440. The van der Waals surface area contributed by atoms with Crippen LogP contribution in [-0.2, 0) is 14.8 Å². The molecule has 3 aromatic rings. The molecule has 1 aliphatic heterocycles. The molecule has 0 spiro atoms. The summed E-state index contributed by atoms with van der Waals surface area (Å²) in [6.45, 7) is 9.56. The second kappa shape index (κ2) is 10.5. The largest absolute Gasteiger partial charge is 0.373 e. The van der Waals surface area contributed by atoms with E-state index in [1.807, 2.05) is 39.8 Å². The Labute approximate surface area is 217 Å². The first-order valence-electron chi connectivity index (χ1n) is 12.1. The molecule has 8 nitrogen and oxygen atoms in total. The van der Waals surface area contributed by atoms with Crippen molar-refractivity contribution >= 4 is 42.6 Å². The number of fused-ring (bicyclic) bond motifs is 1. The van der Waals surface area contributed by atoms with E-state index in [4.69, 9.17) is 9.72 Å². The highest BCUT2D eigenvalue weighted by molar-refractivity contribution is 7.89. The summed E-state index contributed by atoms with van der Waals surface area (Å²) >= 11 is 1.50. The van der Waals surface area contributed by atoms with E-state index in [0.717, 1.165) is 21.3 Å². The zero-order valence-electron chi connectivity index (χ0n) is 21.7. The van der Waals surface area contributed by atoms with E-state index < -0.39 is 10.0 Å². The van der Waals surface area contributed by atoms with E-state index in [9.17, 15) is 13.2 Å². The number of morpholine rings is 1.